The topological polar surface area (TPSA) is 70.2 Å². The number of hydrogen-bond acceptors (Lipinski definition) is 3. The molecule has 114 valence electrons. The van der Waals surface area contributed by atoms with E-state index < -0.39 is 0 Å². The van der Waals surface area contributed by atoms with E-state index in [1.165, 1.54) is 24.1 Å². The monoisotopic (exact) mass is 287 g/mol. The van der Waals surface area contributed by atoms with Gasteiger partial charge in [0, 0.05) is 30.3 Å². The number of nitrogens with one attached hydrogen (secondary N) is 1. The van der Waals surface area contributed by atoms with Crippen LogP contribution in [0.2, 0.25) is 0 Å². The fraction of sp³-hybridized carbons (Fsp3) is 0.529. The minimum atomic E-state index is 0.370. The number of anilines is 1. The second-order valence-corrected chi connectivity index (χ2v) is 5.93. The van der Waals surface area contributed by atoms with Crippen molar-refractivity contribution in [2.24, 2.45) is 11.7 Å². The molecule has 3 rings (SSSR count). The summed E-state index contributed by atoms with van der Waals surface area (Å²) in [6.07, 6.45) is 6.79. The number of nitrogens with zero attached hydrogens (tertiary/aromatic N) is 1. The molecule has 0 unspecified atom stereocenters. The standard InChI is InChI=1S/C13H17NO.C4H8N2/c1-3-11-8-10(9-15)4-7-13(11)14(2)12-5-6-12;5-4(6)3-1-2-3/h4,7-9,12H,3,5-6H2,1-2H3;3H,1-2H2,(H3,5,6). The minimum Gasteiger partial charge on any atom is -0.387 e. The molecular weight excluding hydrogens is 262 g/mol. The third kappa shape index (κ3) is 4.31. The zero-order valence-electron chi connectivity index (χ0n) is 12.9. The highest BCUT2D eigenvalue weighted by atomic mass is 16.1. The van der Waals surface area contributed by atoms with Gasteiger partial charge in [-0.1, -0.05) is 6.92 Å². The number of aryl methyl sites for hydroxylation is 1. The van der Waals surface area contributed by atoms with Crippen LogP contribution in [0.1, 0.15) is 48.5 Å². The first-order valence-corrected chi connectivity index (χ1v) is 7.71. The minimum absolute atomic E-state index is 0.370. The Morgan fingerprint density at radius 2 is 2.05 bits per heavy atom. The summed E-state index contributed by atoms with van der Waals surface area (Å²) in [7, 11) is 2.15. The summed E-state index contributed by atoms with van der Waals surface area (Å²) in [5.41, 5.74) is 8.41. The van der Waals surface area contributed by atoms with Crippen LogP contribution in [0.3, 0.4) is 0 Å². The molecule has 2 saturated carbocycles. The Balaban J connectivity index is 0.000000225. The van der Waals surface area contributed by atoms with Crippen LogP contribution in [0.15, 0.2) is 18.2 Å². The fourth-order valence-corrected chi connectivity index (χ4v) is 2.36. The molecule has 2 aliphatic rings. The van der Waals surface area contributed by atoms with Gasteiger partial charge in [0.05, 0.1) is 5.84 Å². The predicted molar refractivity (Wildman–Crippen MR) is 87.3 cm³/mol. The van der Waals surface area contributed by atoms with E-state index in [-0.39, 0.29) is 0 Å². The fourth-order valence-electron chi connectivity index (χ4n) is 2.36. The number of rotatable bonds is 5. The number of nitrogens with two attached hydrogens (primary N) is 1. The highest BCUT2D eigenvalue weighted by Crippen LogP contribution is 2.32. The van der Waals surface area contributed by atoms with Gasteiger partial charge in [0.15, 0.2) is 0 Å². The number of carbonyl (C=O) groups is 1. The summed E-state index contributed by atoms with van der Waals surface area (Å²) in [5, 5.41) is 6.79. The highest BCUT2D eigenvalue weighted by Gasteiger charge is 2.27. The molecule has 0 aromatic heterocycles. The summed E-state index contributed by atoms with van der Waals surface area (Å²) < 4.78 is 0. The first-order chi connectivity index (χ1) is 10.1. The first-order valence-electron chi connectivity index (χ1n) is 7.71. The summed E-state index contributed by atoms with van der Waals surface area (Å²) in [6, 6.07) is 6.69. The number of carbonyl (C=O) groups excluding carboxylic acids is 1. The van der Waals surface area contributed by atoms with Gasteiger partial charge in [0.2, 0.25) is 0 Å². The predicted octanol–water partition coefficient (Wildman–Crippen LogP) is 2.99. The van der Waals surface area contributed by atoms with E-state index in [1.807, 2.05) is 12.1 Å². The van der Waals surface area contributed by atoms with Crippen LogP contribution >= 0.6 is 0 Å². The summed E-state index contributed by atoms with van der Waals surface area (Å²) >= 11 is 0. The molecule has 0 saturated heterocycles. The van der Waals surface area contributed by atoms with E-state index in [0.717, 1.165) is 37.2 Å². The smallest absolute Gasteiger partial charge is 0.150 e. The average molecular weight is 287 g/mol. The molecule has 0 bridgehead atoms. The Hall–Kier alpha value is -1.84. The molecule has 4 nitrogen and oxygen atoms in total. The van der Waals surface area contributed by atoms with E-state index >= 15 is 0 Å². The maximum Gasteiger partial charge on any atom is 0.150 e. The second kappa shape index (κ2) is 6.74. The molecule has 2 fully saturated rings. The van der Waals surface area contributed by atoms with Gasteiger partial charge < -0.3 is 10.6 Å². The van der Waals surface area contributed by atoms with E-state index in [2.05, 4.69) is 24.9 Å². The Labute approximate surface area is 126 Å². The van der Waals surface area contributed by atoms with E-state index in [0.29, 0.717) is 11.8 Å². The Morgan fingerprint density at radius 3 is 2.43 bits per heavy atom. The zero-order chi connectivity index (χ0) is 15.4. The number of amidine groups is 1. The molecule has 0 aliphatic heterocycles. The quantitative estimate of drug-likeness (QED) is 0.497. The van der Waals surface area contributed by atoms with E-state index in [1.54, 1.807) is 0 Å². The molecule has 21 heavy (non-hydrogen) atoms. The van der Waals surface area contributed by atoms with Gasteiger partial charge in [-0.25, -0.2) is 0 Å². The van der Waals surface area contributed by atoms with Gasteiger partial charge in [0.25, 0.3) is 0 Å². The highest BCUT2D eigenvalue weighted by molar-refractivity contribution is 5.81. The average Bonchev–Trinajstić information content (AvgIpc) is 3.37. The largest absolute Gasteiger partial charge is 0.387 e. The lowest BCUT2D eigenvalue weighted by atomic mass is 10.1. The number of hydrogen-bond donors (Lipinski definition) is 2. The molecular formula is C17H25N3O. The normalized spacial score (nSPS) is 16.7. The maximum atomic E-state index is 10.7. The lowest BCUT2D eigenvalue weighted by Crippen LogP contribution is -2.20. The van der Waals surface area contributed by atoms with Gasteiger partial charge in [-0.3, -0.25) is 10.2 Å². The molecule has 4 heteroatoms. The van der Waals surface area contributed by atoms with E-state index in [4.69, 9.17) is 11.1 Å². The molecule has 1 aromatic carbocycles. The molecule has 0 spiro atoms. The van der Waals surface area contributed by atoms with Crippen molar-refractivity contribution in [1.82, 2.24) is 0 Å². The van der Waals surface area contributed by atoms with Crippen LogP contribution in [0.25, 0.3) is 0 Å². The maximum absolute atomic E-state index is 10.7. The molecule has 2 aliphatic carbocycles. The van der Waals surface area contributed by atoms with Crippen LogP contribution in [-0.4, -0.2) is 25.2 Å². The van der Waals surface area contributed by atoms with Crippen LogP contribution in [0.4, 0.5) is 5.69 Å². The van der Waals surface area contributed by atoms with Crippen molar-refractivity contribution in [2.45, 2.75) is 45.1 Å². The van der Waals surface area contributed by atoms with Gasteiger partial charge in [-0.2, -0.15) is 0 Å². The summed E-state index contributed by atoms with van der Waals surface area (Å²) in [6.45, 7) is 2.13. The van der Waals surface area contributed by atoms with Crippen molar-refractivity contribution in [3.63, 3.8) is 0 Å². The third-order valence-corrected chi connectivity index (χ3v) is 4.11. The molecule has 0 amide bonds. The van der Waals surface area contributed by atoms with Gasteiger partial charge in [-0.05, 0) is 55.9 Å². The lowest BCUT2D eigenvalue weighted by molar-refractivity contribution is 0.112. The summed E-state index contributed by atoms with van der Waals surface area (Å²) in [4.78, 5) is 13.0. The zero-order valence-corrected chi connectivity index (χ0v) is 12.9. The van der Waals surface area contributed by atoms with Crippen LogP contribution in [0, 0.1) is 11.3 Å². The van der Waals surface area contributed by atoms with Crippen molar-refractivity contribution in [3.05, 3.63) is 29.3 Å². The van der Waals surface area contributed by atoms with Crippen molar-refractivity contribution in [2.75, 3.05) is 11.9 Å². The molecule has 0 radical (unpaired) electrons. The molecule has 0 atom stereocenters. The van der Waals surface area contributed by atoms with Crippen LogP contribution in [-0.2, 0) is 6.42 Å². The molecule has 3 N–H and O–H groups in total. The Kier molecular flexibility index (Phi) is 4.99. The molecule has 0 heterocycles. The van der Waals surface area contributed by atoms with Crippen molar-refractivity contribution >= 4 is 17.8 Å². The number of aldehydes is 1. The molecule has 1 aromatic rings. The lowest BCUT2D eigenvalue weighted by Gasteiger charge is -2.22. The SMILES string of the molecule is CCc1cc(C=O)ccc1N(C)C1CC1.N=C(N)C1CC1. The third-order valence-electron chi connectivity index (χ3n) is 4.11. The van der Waals surface area contributed by atoms with Gasteiger partial charge in [0.1, 0.15) is 6.29 Å². The van der Waals surface area contributed by atoms with E-state index in [9.17, 15) is 4.79 Å². The van der Waals surface area contributed by atoms with Gasteiger partial charge >= 0.3 is 0 Å². The van der Waals surface area contributed by atoms with Crippen LogP contribution in [0.5, 0.6) is 0 Å². The van der Waals surface area contributed by atoms with Crippen molar-refractivity contribution in [3.8, 4) is 0 Å². The second-order valence-electron chi connectivity index (χ2n) is 5.93. The summed E-state index contributed by atoms with van der Waals surface area (Å²) in [5.74, 6) is 0.833. The Bertz CT molecular complexity index is 519. The van der Waals surface area contributed by atoms with Crippen LogP contribution < -0.4 is 10.6 Å². The van der Waals surface area contributed by atoms with Crippen molar-refractivity contribution in [1.29, 1.82) is 5.41 Å². The van der Waals surface area contributed by atoms with Crippen molar-refractivity contribution < 1.29 is 4.79 Å². The first kappa shape index (κ1) is 15.5. The number of benzene rings is 1. The van der Waals surface area contributed by atoms with Gasteiger partial charge in [-0.15, -0.1) is 0 Å². The Morgan fingerprint density at radius 1 is 1.38 bits per heavy atom.